The Kier molecular flexibility index (Phi) is 2.93. The Hall–Kier alpha value is -0.340. The molecule has 1 aromatic rings. The minimum Gasteiger partial charge on any atom is -0.385 e. The topological polar surface area (TPSA) is 20.2 Å². The number of aliphatic hydroxyl groups is 1. The van der Waals surface area contributed by atoms with Crippen molar-refractivity contribution in [3.8, 4) is 0 Å². The molecule has 1 N–H and O–H groups in total. The number of halogens is 1. The van der Waals surface area contributed by atoms with E-state index in [9.17, 15) is 5.11 Å². The molecule has 1 aromatic carbocycles. The van der Waals surface area contributed by atoms with Crippen LogP contribution in [0.4, 0.5) is 0 Å². The first kappa shape index (κ1) is 10.2. The lowest BCUT2D eigenvalue weighted by Crippen LogP contribution is -2.28. The van der Waals surface area contributed by atoms with Crippen LogP contribution in [0.1, 0.15) is 37.7 Å². The summed E-state index contributed by atoms with van der Waals surface area (Å²) < 4.78 is 1.07. The van der Waals surface area contributed by atoms with E-state index < -0.39 is 5.60 Å². The summed E-state index contributed by atoms with van der Waals surface area (Å²) in [5.41, 5.74) is 0.513. The fourth-order valence-electron chi connectivity index (χ4n) is 2.19. The Morgan fingerprint density at radius 1 is 1.00 bits per heavy atom. The van der Waals surface area contributed by atoms with Gasteiger partial charge in [0, 0.05) is 4.47 Å². The standard InChI is InChI=1S/C12H15BrO/c13-11-6-4-10(5-7-11)12(14)8-2-1-3-9-12/h4-7,14H,1-3,8-9H2. The molecule has 0 unspecified atom stereocenters. The minimum atomic E-state index is -0.557. The van der Waals surface area contributed by atoms with Crippen LogP contribution in [0.25, 0.3) is 0 Å². The van der Waals surface area contributed by atoms with Gasteiger partial charge in [-0.2, -0.15) is 0 Å². The van der Waals surface area contributed by atoms with Gasteiger partial charge in [-0.15, -0.1) is 0 Å². The van der Waals surface area contributed by atoms with Crippen molar-refractivity contribution in [3.63, 3.8) is 0 Å². The molecule has 0 amide bonds. The highest BCUT2D eigenvalue weighted by Gasteiger charge is 2.30. The summed E-state index contributed by atoms with van der Waals surface area (Å²) in [6.07, 6.45) is 5.38. The number of benzene rings is 1. The van der Waals surface area contributed by atoms with Crippen LogP contribution in [0.5, 0.6) is 0 Å². The Morgan fingerprint density at radius 3 is 2.14 bits per heavy atom. The van der Waals surface area contributed by atoms with Gasteiger partial charge in [0.15, 0.2) is 0 Å². The van der Waals surface area contributed by atoms with E-state index in [2.05, 4.69) is 15.9 Å². The second kappa shape index (κ2) is 4.03. The van der Waals surface area contributed by atoms with Crippen molar-refractivity contribution in [2.75, 3.05) is 0 Å². The zero-order valence-electron chi connectivity index (χ0n) is 8.17. The van der Waals surface area contributed by atoms with Gasteiger partial charge in [-0.25, -0.2) is 0 Å². The number of hydrogen-bond donors (Lipinski definition) is 1. The minimum absolute atomic E-state index is 0.557. The molecule has 2 heteroatoms. The Labute approximate surface area is 93.3 Å². The quantitative estimate of drug-likeness (QED) is 0.812. The van der Waals surface area contributed by atoms with Crippen LogP contribution in [-0.4, -0.2) is 5.11 Å². The Balaban J connectivity index is 2.23. The third-order valence-corrected chi connectivity index (χ3v) is 3.59. The van der Waals surface area contributed by atoms with Gasteiger partial charge in [-0.05, 0) is 30.5 Å². The van der Waals surface area contributed by atoms with Crippen molar-refractivity contribution in [2.24, 2.45) is 0 Å². The monoisotopic (exact) mass is 254 g/mol. The van der Waals surface area contributed by atoms with E-state index in [4.69, 9.17) is 0 Å². The van der Waals surface area contributed by atoms with Crippen molar-refractivity contribution in [3.05, 3.63) is 34.3 Å². The van der Waals surface area contributed by atoms with Gasteiger partial charge in [0.2, 0.25) is 0 Å². The van der Waals surface area contributed by atoms with Crippen LogP contribution in [-0.2, 0) is 5.60 Å². The predicted octanol–water partition coefficient (Wildman–Crippen LogP) is 3.60. The highest BCUT2D eigenvalue weighted by molar-refractivity contribution is 9.10. The van der Waals surface area contributed by atoms with Crippen molar-refractivity contribution < 1.29 is 5.11 Å². The van der Waals surface area contributed by atoms with Gasteiger partial charge in [-0.3, -0.25) is 0 Å². The van der Waals surface area contributed by atoms with Gasteiger partial charge < -0.3 is 5.11 Å². The van der Waals surface area contributed by atoms with E-state index in [1.807, 2.05) is 24.3 Å². The van der Waals surface area contributed by atoms with Gasteiger partial charge in [0.05, 0.1) is 5.60 Å². The zero-order valence-corrected chi connectivity index (χ0v) is 9.76. The molecule has 76 valence electrons. The molecule has 0 aromatic heterocycles. The van der Waals surface area contributed by atoms with E-state index in [1.165, 1.54) is 6.42 Å². The maximum atomic E-state index is 10.4. The normalized spacial score (nSPS) is 20.7. The summed E-state index contributed by atoms with van der Waals surface area (Å²) in [6, 6.07) is 8.05. The summed E-state index contributed by atoms with van der Waals surface area (Å²) in [5, 5.41) is 10.4. The maximum Gasteiger partial charge on any atom is 0.0896 e. The highest BCUT2D eigenvalue weighted by atomic mass is 79.9. The first-order valence-corrected chi connectivity index (χ1v) is 5.98. The van der Waals surface area contributed by atoms with Gasteiger partial charge in [0.1, 0.15) is 0 Å². The molecule has 0 radical (unpaired) electrons. The van der Waals surface area contributed by atoms with Gasteiger partial charge in [0.25, 0.3) is 0 Å². The van der Waals surface area contributed by atoms with E-state index >= 15 is 0 Å². The second-order valence-corrected chi connectivity index (χ2v) is 5.01. The first-order chi connectivity index (χ1) is 6.71. The van der Waals surface area contributed by atoms with E-state index in [0.29, 0.717) is 0 Å². The average Bonchev–Trinajstić information content (AvgIpc) is 2.19. The largest absolute Gasteiger partial charge is 0.385 e. The Morgan fingerprint density at radius 2 is 1.57 bits per heavy atom. The number of rotatable bonds is 1. The molecule has 0 bridgehead atoms. The number of hydrogen-bond acceptors (Lipinski definition) is 1. The molecular weight excluding hydrogens is 240 g/mol. The molecule has 0 atom stereocenters. The molecular formula is C12H15BrO. The highest BCUT2D eigenvalue weighted by Crippen LogP contribution is 2.37. The van der Waals surface area contributed by atoms with Crippen molar-refractivity contribution in [1.29, 1.82) is 0 Å². The SMILES string of the molecule is OC1(c2ccc(Br)cc2)CCCCC1. The van der Waals surface area contributed by atoms with Gasteiger partial charge in [-0.1, -0.05) is 47.3 Å². The van der Waals surface area contributed by atoms with E-state index in [0.717, 1.165) is 35.7 Å². The van der Waals surface area contributed by atoms with Crippen molar-refractivity contribution in [1.82, 2.24) is 0 Å². The molecule has 1 aliphatic rings. The second-order valence-electron chi connectivity index (χ2n) is 4.10. The van der Waals surface area contributed by atoms with Crippen LogP contribution < -0.4 is 0 Å². The smallest absolute Gasteiger partial charge is 0.0896 e. The summed E-state index contributed by atoms with van der Waals surface area (Å²) in [6.45, 7) is 0. The van der Waals surface area contributed by atoms with Crippen LogP contribution in [0.2, 0.25) is 0 Å². The van der Waals surface area contributed by atoms with Crippen molar-refractivity contribution in [2.45, 2.75) is 37.7 Å². The molecule has 1 saturated carbocycles. The average molecular weight is 255 g/mol. The van der Waals surface area contributed by atoms with E-state index in [1.54, 1.807) is 0 Å². The molecule has 1 fully saturated rings. The third-order valence-electron chi connectivity index (χ3n) is 3.06. The summed E-state index contributed by atoms with van der Waals surface area (Å²) >= 11 is 3.41. The molecule has 0 spiro atoms. The maximum absolute atomic E-state index is 10.4. The summed E-state index contributed by atoms with van der Waals surface area (Å²) in [7, 11) is 0. The predicted molar refractivity (Wildman–Crippen MR) is 61.1 cm³/mol. The fourth-order valence-corrected chi connectivity index (χ4v) is 2.45. The van der Waals surface area contributed by atoms with Crippen LogP contribution in [0.3, 0.4) is 0 Å². The molecule has 0 aliphatic heterocycles. The zero-order chi connectivity index (χ0) is 10.0. The van der Waals surface area contributed by atoms with E-state index in [-0.39, 0.29) is 0 Å². The Bertz CT molecular complexity index is 299. The third kappa shape index (κ3) is 2.01. The van der Waals surface area contributed by atoms with Crippen LogP contribution >= 0.6 is 15.9 Å². The first-order valence-electron chi connectivity index (χ1n) is 5.19. The molecule has 14 heavy (non-hydrogen) atoms. The summed E-state index contributed by atoms with van der Waals surface area (Å²) in [5.74, 6) is 0. The lowest BCUT2D eigenvalue weighted by molar-refractivity contribution is -0.000634. The molecule has 1 nitrogen and oxygen atoms in total. The van der Waals surface area contributed by atoms with Crippen LogP contribution in [0.15, 0.2) is 28.7 Å². The lowest BCUT2D eigenvalue weighted by Gasteiger charge is -2.32. The molecule has 0 heterocycles. The van der Waals surface area contributed by atoms with Crippen LogP contribution in [0, 0.1) is 0 Å². The molecule has 0 saturated heterocycles. The lowest BCUT2D eigenvalue weighted by atomic mass is 9.80. The summed E-state index contributed by atoms with van der Waals surface area (Å²) in [4.78, 5) is 0. The van der Waals surface area contributed by atoms with Crippen molar-refractivity contribution >= 4 is 15.9 Å². The van der Waals surface area contributed by atoms with Gasteiger partial charge >= 0.3 is 0 Å². The fraction of sp³-hybridized carbons (Fsp3) is 0.500. The molecule has 1 aliphatic carbocycles. The molecule has 2 rings (SSSR count).